The van der Waals surface area contributed by atoms with Crippen LogP contribution in [0, 0.1) is 28.6 Å². The predicted molar refractivity (Wildman–Crippen MR) is 138 cm³/mol. The Balaban J connectivity index is 1.14. The monoisotopic (exact) mass is 562 g/mol. The molecule has 3 heterocycles. The molecule has 40 heavy (non-hydrogen) atoms. The Hall–Kier alpha value is -1.40. The van der Waals surface area contributed by atoms with Gasteiger partial charge in [0.25, 0.3) is 0 Å². The van der Waals surface area contributed by atoms with E-state index < -0.39 is 58.5 Å². The third kappa shape index (κ3) is 3.30. The van der Waals surface area contributed by atoms with Gasteiger partial charge >= 0.3 is 5.97 Å². The number of hydrogen-bond acceptors (Lipinski definition) is 10. The second kappa shape index (κ2) is 8.81. The maximum atomic E-state index is 14.2. The third-order valence-corrected chi connectivity index (χ3v) is 12.4. The number of methoxy groups -OCH3 is 1. The molecule has 1 spiro atoms. The summed E-state index contributed by atoms with van der Waals surface area (Å²) in [7, 11) is 1.58. The first-order valence-corrected chi connectivity index (χ1v) is 14.9. The number of ether oxygens (including phenoxy) is 5. The number of Topliss-reactive ketones (excluding diaryl/α,β-unsaturated/α-hetero) is 1. The Bertz CT molecular complexity index is 1140. The molecule has 2 saturated heterocycles. The summed E-state index contributed by atoms with van der Waals surface area (Å²) < 4.78 is 29.5. The highest BCUT2D eigenvalue weighted by atomic mass is 16.7. The number of hydrogen-bond donors (Lipinski definition) is 3. The fourth-order valence-electron chi connectivity index (χ4n) is 10.3. The van der Waals surface area contributed by atoms with Crippen LogP contribution in [0.3, 0.4) is 0 Å². The van der Waals surface area contributed by atoms with E-state index in [1.165, 1.54) is 6.08 Å². The number of rotatable bonds is 4. The molecule has 0 aromatic rings. The van der Waals surface area contributed by atoms with Crippen molar-refractivity contribution in [2.45, 2.75) is 120 Å². The van der Waals surface area contributed by atoms with Crippen LogP contribution < -0.4 is 0 Å². The highest BCUT2D eigenvalue weighted by molar-refractivity contribution is 5.94. The van der Waals surface area contributed by atoms with Gasteiger partial charge in [-0.15, -0.1) is 0 Å². The third-order valence-electron chi connectivity index (χ3n) is 12.4. The molecule has 10 nitrogen and oxygen atoms in total. The molecular weight excluding hydrogens is 520 g/mol. The molecule has 3 N–H and O–H groups in total. The van der Waals surface area contributed by atoms with Crippen LogP contribution in [-0.4, -0.2) is 94.9 Å². The number of aliphatic hydroxyl groups excluding tert-OH is 2. The topological polar surface area (TPSA) is 144 Å². The molecule has 10 heteroatoms. The van der Waals surface area contributed by atoms with Gasteiger partial charge in [0.05, 0.1) is 29.8 Å². The van der Waals surface area contributed by atoms with Crippen LogP contribution in [0.1, 0.15) is 65.7 Å². The first kappa shape index (κ1) is 27.4. The molecule has 0 aromatic heterocycles. The normalized spacial score (nSPS) is 56.9. The average Bonchev–Trinajstić information content (AvgIpc) is 3.36. The van der Waals surface area contributed by atoms with Crippen LogP contribution >= 0.6 is 0 Å². The smallest absolute Gasteiger partial charge is 0.331 e. The van der Waals surface area contributed by atoms with Gasteiger partial charge in [-0.1, -0.05) is 6.92 Å². The SMILES string of the molecule is CO[C@H]1C[C@H](O[C@H]2CC[C@]3(C)C4[C@H](O)C(=O)[C@]5(C)[C@@H](C6=CC(=O)OC6)CC[C@]5(O)[C@@]45O[C@H]5C[C@@H]3C2)O[C@@H](C)[C@@H]1O. The number of epoxide rings is 1. The number of esters is 1. The summed E-state index contributed by atoms with van der Waals surface area (Å²) in [6.45, 7) is 5.85. The minimum absolute atomic E-state index is 0.0678. The van der Waals surface area contributed by atoms with Crippen molar-refractivity contribution in [2.75, 3.05) is 13.7 Å². The second-order valence-electron chi connectivity index (χ2n) is 13.9. The standard InChI is InChI=1S/C30H42O10/c1-14-23(32)19(36-4)12-22(38-14)39-17-5-7-27(2)16(10-17)11-20-30(40-20)25(27)24(33)26(34)28(3)18(6-8-29(28,30)35)15-9-21(31)37-13-15/h9,14,16-20,22-25,32-33,35H,5-8,10-13H2,1-4H3/t14-,16-,17-,18+,19-,20-,22-,23-,24-,25?,27-,28-,29+,30-/m0/s1. The van der Waals surface area contributed by atoms with Gasteiger partial charge in [0.1, 0.15) is 30.0 Å². The van der Waals surface area contributed by atoms with E-state index in [1.807, 2.05) is 6.92 Å². The lowest BCUT2D eigenvalue weighted by Crippen LogP contribution is -2.75. The first-order chi connectivity index (χ1) is 18.9. The molecule has 4 saturated carbocycles. The maximum absolute atomic E-state index is 14.2. The van der Waals surface area contributed by atoms with Gasteiger partial charge in [0.15, 0.2) is 12.1 Å². The highest BCUT2D eigenvalue weighted by Crippen LogP contribution is 2.76. The zero-order chi connectivity index (χ0) is 28.4. The molecular formula is C30H42O10. The van der Waals surface area contributed by atoms with E-state index in [0.717, 1.165) is 31.3 Å². The summed E-state index contributed by atoms with van der Waals surface area (Å²) >= 11 is 0. The van der Waals surface area contributed by atoms with Crippen LogP contribution in [0.5, 0.6) is 0 Å². The largest absolute Gasteiger partial charge is 0.458 e. The highest BCUT2D eigenvalue weighted by Gasteiger charge is 2.88. The molecule has 3 aliphatic heterocycles. The molecule has 7 aliphatic rings. The molecule has 0 bridgehead atoms. The van der Waals surface area contributed by atoms with Crippen LogP contribution in [0.25, 0.3) is 0 Å². The van der Waals surface area contributed by atoms with Gasteiger partial charge in [-0.3, -0.25) is 4.79 Å². The van der Waals surface area contributed by atoms with Crippen molar-refractivity contribution in [3.05, 3.63) is 11.6 Å². The van der Waals surface area contributed by atoms with Gasteiger partial charge in [0, 0.05) is 25.5 Å². The zero-order valence-corrected chi connectivity index (χ0v) is 23.7. The van der Waals surface area contributed by atoms with E-state index in [2.05, 4.69) is 6.92 Å². The van der Waals surface area contributed by atoms with Crippen LogP contribution in [-0.2, 0) is 33.3 Å². The van der Waals surface area contributed by atoms with E-state index in [0.29, 0.717) is 19.3 Å². The Morgan fingerprint density at radius 1 is 1.07 bits per heavy atom. The molecule has 0 radical (unpaired) electrons. The summed E-state index contributed by atoms with van der Waals surface area (Å²) in [4.78, 5) is 26.0. The number of aliphatic hydroxyl groups is 3. The molecule has 0 aromatic carbocycles. The molecule has 222 valence electrons. The van der Waals surface area contributed by atoms with E-state index in [4.69, 9.17) is 23.7 Å². The van der Waals surface area contributed by atoms with Crippen molar-refractivity contribution in [3.8, 4) is 0 Å². The minimum atomic E-state index is -1.44. The number of carbonyl (C=O) groups excluding carboxylic acids is 2. The fourth-order valence-corrected chi connectivity index (χ4v) is 10.3. The Morgan fingerprint density at radius 3 is 2.55 bits per heavy atom. The summed E-state index contributed by atoms with van der Waals surface area (Å²) in [6.07, 6.45) is 2.20. The van der Waals surface area contributed by atoms with E-state index in [-0.39, 0.29) is 42.5 Å². The molecule has 4 aliphatic carbocycles. The molecule has 14 atom stereocenters. The van der Waals surface area contributed by atoms with Crippen LogP contribution in [0.2, 0.25) is 0 Å². The predicted octanol–water partition coefficient (Wildman–Crippen LogP) is 1.42. The fraction of sp³-hybridized carbons (Fsp3) is 0.867. The Labute approximate surface area is 234 Å². The van der Waals surface area contributed by atoms with Gasteiger partial charge in [-0.05, 0) is 75.2 Å². The summed E-state index contributed by atoms with van der Waals surface area (Å²) in [5.74, 6) is -1.55. The summed E-state index contributed by atoms with van der Waals surface area (Å²) in [6, 6.07) is 0. The molecule has 0 amide bonds. The summed E-state index contributed by atoms with van der Waals surface area (Å²) in [5.41, 5.74) is -3.40. The van der Waals surface area contributed by atoms with Crippen molar-refractivity contribution >= 4 is 11.8 Å². The summed E-state index contributed by atoms with van der Waals surface area (Å²) in [5, 5.41) is 34.7. The number of carbonyl (C=O) groups is 2. The minimum Gasteiger partial charge on any atom is -0.458 e. The molecule has 6 fully saturated rings. The van der Waals surface area contributed by atoms with Gasteiger partial charge in [-0.25, -0.2) is 4.79 Å². The van der Waals surface area contributed by atoms with Crippen molar-refractivity contribution in [1.82, 2.24) is 0 Å². The van der Waals surface area contributed by atoms with Crippen molar-refractivity contribution in [3.63, 3.8) is 0 Å². The molecule has 7 rings (SSSR count). The van der Waals surface area contributed by atoms with Crippen molar-refractivity contribution in [1.29, 1.82) is 0 Å². The number of ketones is 1. The van der Waals surface area contributed by atoms with E-state index in [1.54, 1.807) is 14.0 Å². The van der Waals surface area contributed by atoms with Crippen LogP contribution in [0.15, 0.2) is 11.6 Å². The Morgan fingerprint density at radius 2 is 1.85 bits per heavy atom. The molecule has 1 unspecified atom stereocenters. The number of cyclic esters (lactones) is 1. The first-order valence-electron chi connectivity index (χ1n) is 14.9. The van der Waals surface area contributed by atoms with Crippen molar-refractivity contribution < 1.29 is 48.6 Å². The second-order valence-corrected chi connectivity index (χ2v) is 13.9. The lowest BCUT2D eigenvalue weighted by atomic mass is 9.41. The Kier molecular flexibility index (Phi) is 6.04. The van der Waals surface area contributed by atoms with E-state index >= 15 is 0 Å². The van der Waals surface area contributed by atoms with Gasteiger partial charge in [0.2, 0.25) is 0 Å². The van der Waals surface area contributed by atoms with Crippen molar-refractivity contribution in [2.24, 2.45) is 28.6 Å². The average molecular weight is 563 g/mol. The quantitative estimate of drug-likeness (QED) is 0.261. The van der Waals surface area contributed by atoms with Crippen LogP contribution in [0.4, 0.5) is 0 Å². The maximum Gasteiger partial charge on any atom is 0.331 e. The lowest BCUT2D eigenvalue weighted by molar-refractivity contribution is -0.273. The zero-order valence-electron chi connectivity index (χ0n) is 23.7. The van der Waals surface area contributed by atoms with Gasteiger partial charge in [-0.2, -0.15) is 0 Å². The number of fused-ring (bicyclic) bond motifs is 3. The van der Waals surface area contributed by atoms with Gasteiger partial charge < -0.3 is 39.0 Å². The van der Waals surface area contributed by atoms with E-state index in [9.17, 15) is 24.9 Å². The lowest BCUT2D eigenvalue weighted by Gasteiger charge is -2.62.